The first kappa shape index (κ1) is 25.2. The van der Waals surface area contributed by atoms with Gasteiger partial charge >= 0.3 is 5.97 Å². The Hall–Kier alpha value is -3.10. The van der Waals surface area contributed by atoms with Crippen LogP contribution in [0.25, 0.3) is 0 Å². The van der Waals surface area contributed by atoms with Crippen LogP contribution in [-0.4, -0.2) is 50.9 Å². The third kappa shape index (κ3) is 5.38. The summed E-state index contributed by atoms with van der Waals surface area (Å²) in [6.45, 7) is 1.61. The van der Waals surface area contributed by atoms with Crippen molar-refractivity contribution in [1.82, 2.24) is 20.1 Å². The molecule has 0 spiro atoms. The number of carboxylic acids is 1. The van der Waals surface area contributed by atoms with Gasteiger partial charge in [-0.15, -0.1) is 0 Å². The maximum Gasteiger partial charge on any atom is 0.337 e. The zero-order valence-corrected chi connectivity index (χ0v) is 22.0. The van der Waals surface area contributed by atoms with Gasteiger partial charge < -0.3 is 20.5 Å². The summed E-state index contributed by atoms with van der Waals surface area (Å²) in [6, 6.07) is 3.44. The van der Waals surface area contributed by atoms with Crippen LogP contribution in [0.15, 0.2) is 24.5 Å². The maximum absolute atomic E-state index is 13.6. The fraction of sp³-hybridized carbons (Fsp3) is 0.655. The third-order valence-corrected chi connectivity index (χ3v) is 9.38. The van der Waals surface area contributed by atoms with E-state index in [0.717, 1.165) is 11.8 Å². The molecule has 0 atom stereocenters. The number of ether oxygens (including phenoxy) is 1. The second-order valence-electron chi connectivity index (χ2n) is 12.0. The number of nitrogens with one attached hydrogen (secondary N) is 2. The summed E-state index contributed by atoms with van der Waals surface area (Å²) in [5, 5.41) is 20.2. The first-order chi connectivity index (χ1) is 18.5. The summed E-state index contributed by atoms with van der Waals surface area (Å²) >= 11 is 0. The molecule has 1 amide bonds. The number of carbonyl (C=O) groups excluding carboxylic acids is 1. The van der Waals surface area contributed by atoms with E-state index in [-0.39, 0.29) is 17.5 Å². The van der Waals surface area contributed by atoms with Gasteiger partial charge in [-0.1, -0.05) is 19.3 Å². The van der Waals surface area contributed by atoms with E-state index in [1.165, 1.54) is 76.5 Å². The molecule has 204 valence electrons. The number of rotatable bonds is 10. The SMILES string of the molecule is O=C(O)c1ccc(NCCn2ncc(C(=O)NC3C4CC5CC(C4)CC3C5)c2OCC2CCCCC2)nc1. The summed E-state index contributed by atoms with van der Waals surface area (Å²) < 4.78 is 8.12. The average molecular weight is 522 g/mol. The standard InChI is InChI=1S/C29H39N5O4/c35-27(33-26-22-11-19-10-20(13-22)14-23(26)12-19)24-16-32-34(28(24)38-17-18-4-2-1-3-5-18)9-8-30-25-7-6-21(15-31-25)29(36)37/h6-7,15-16,18-20,22-23,26H,1-5,8-14,17H2,(H,30,31)(H,33,35)(H,36,37). The third-order valence-electron chi connectivity index (χ3n) is 9.38. The molecule has 38 heavy (non-hydrogen) atoms. The van der Waals surface area contributed by atoms with Crippen molar-refractivity contribution in [2.24, 2.45) is 29.6 Å². The average Bonchev–Trinajstić information content (AvgIpc) is 3.32. The topological polar surface area (TPSA) is 118 Å². The number of hydrogen-bond donors (Lipinski definition) is 3. The fourth-order valence-corrected chi connectivity index (χ4v) is 7.70. The zero-order chi connectivity index (χ0) is 26.1. The highest BCUT2D eigenvalue weighted by Gasteiger charge is 2.48. The summed E-state index contributed by atoms with van der Waals surface area (Å²) in [5.41, 5.74) is 0.675. The Morgan fingerprint density at radius 3 is 2.39 bits per heavy atom. The summed E-state index contributed by atoms with van der Waals surface area (Å²) in [7, 11) is 0. The van der Waals surface area contributed by atoms with E-state index in [0.29, 0.717) is 54.7 Å². The minimum absolute atomic E-state index is 0.0637. The van der Waals surface area contributed by atoms with Gasteiger partial charge in [0, 0.05) is 18.8 Å². The summed E-state index contributed by atoms with van der Waals surface area (Å²) in [5.74, 6) is 3.55. The molecule has 2 heterocycles. The summed E-state index contributed by atoms with van der Waals surface area (Å²) in [4.78, 5) is 28.8. The Morgan fingerprint density at radius 2 is 1.74 bits per heavy atom. The number of carbonyl (C=O) groups is 2. The molecule has 0 aliphatic heterocycles. The molecule has 9 nitrogen and oxygen atoms in total. The van der Waals surface area contributed by atoms with E-state index in [2.05, 4.69) is 20.7 Å². The quantitative estimate of drug-likeness (QED) is 0.418. The number of aromatic nitrogens is 3. The number of pyridine rings is 1. The van der Waals surface area contributed by atoms with E-state index in [1.54, 1.807) is 16.9 Å². The molecule has 2 aromatic rings. The van der Waals surface area contributed by atoms with Gasteiger partial charge in [0.1, 0.15) is 11.4 Å². The molecule has 3 N–H and O–H groups in total. The smallest absolute Gasteiger partial charge is 0.337 e. The van der Waals surface area contributed by atoms with Crippen molar-refractivity contribution in [3.8, 4) is 5.88 Å². The Morgan fingerprint density at radius 1 is 1.00 bits per heavy atom. The van der Waals surface area contributed by atoms with Crippen LogP contribution in [0.4, 0.5) is 5.82 Å². The van der Waals surface area contributed by atoms with Crippen LogP contribution in [0.3, 0.4) is 0 Å². The van der Waals surface area contributed by atoms with Crippen LogP contribution in [-0.2, 0) is 6.54 Å². The molecule has 5 saturated carbocycles. The maximum atomic E-state index is 13.6. The molecule has 4 bridgehead atoms. The molecule has 0 radical (unpaired) electrons. The number of carboxylic acid groups (broad SMARTS) is 1. The molecule has 0 aromatic carbocycles. The second-order valence-corrected chi connectivity index (χ2v) is 12.0. The van der Waals surface area contributed by atoms with Crippen LogP contribution in [0.5, 0.6) is 5.88 Å². The minimum Gasteiger partial charge on any atom is -0.478 e. The van der Waals surface area contributed by atoms with Gasteiger partial charge in [0.15, 0.2) is 0 Å². The lowest BCUT2D eigenvalue weighted by atomic mass is 9.54. The van der Waals surface area contributed by atoms with Crippen LogP contribution >= 0.6 is 0 Å². The van der Waals surface area contributed by atoms with Crippen LogP contribution in [0.2, 0.25) is 0 Å². The lowest BCUT2D eigenvalue weighted by Gasteiger charge is -2.54. The molecule has 2 aromatic heterocycles. The number of amides is 1. The molecule has 5 aliphatic carbocycles. The molecule has 5 fully saturated rings. The number of anilines is 1. The molecular weight excluding hydrogens is 482 g/mol. The van der Waals surface area contributed by atoms with Gasteiger partial charge in [-0.2, -0.15) is 5.10 Å². The highest BCUT2D eigenvalue weighted by atomic mass is 16.5. The number of aromatic carboxylic acids is 1. The second kappa shape index (κ2) is 10.9. The fourth-order valence-electron chi connectivity index (χ4n) is 7.70. The first-order valence-electron chi connectivity index (χ1n) is 14.5. The van der Waals surface area contributed by atoms with E-state index in [4.69, 9.17) is 9.84 Å². The van der Waals surface area contributed by atoms with Gasteiger partial charge in [-0.25, -0.2) is 14.5 Å². The van der Waals surface area contributed by atoms with Crippen molar-refractivity contribution in [3.05, 3.63) is 35.7 Å². The Bertz CT molecular complexity index is 1110. The molecular formula is C29H39N5O4. The molecule has 9 heteroatoms. The number of nitrogens with zero attached hydrogens (tertiary/aromatic N) is 3. The van der Waals surface area contributed by atoms with E-state index >= 15 is 0 Å². The van der Waals surface area contributed by atoms with Gasteiger partial charge in [0.2, 0.25) is 5.88 Å². The van der Waals surface area contributed by atoms with Crippen LogP contribution in [0, 0.1) is 29.6 Å². The van der Waals surface area contributed by atoms with Crippen LogP contribution < -0.4 is 15.4 Å². The van der Waals surface area contributed by atoms with Gasteiger partial charge in [0.05, 0.1) is 24.9 Å². The van der Waals surface area contributed by atoms with Gasteiger partial charge in [-0.05, 0) is 86.7 Å². The molecule has 5 aliphatic rings. The van der Waals surface area contributed by atoms with E-state index < -0.39 is 5.97 Å². The highest BCUT2D eigenvalue weighted by molar-refractivity contribution is 5.96. The van der Waals surface area contributed by atoms with Crippen molar-refractivity contribution in [2.45, 2.75) is 76.8 Å². The number of hydrogen-bond acceptors (Lipinski definition) is 6. The lowest BCUT2D eigenvalue weighted by Crippen LogP contribution is -2.55. The van der Waals surface area contributed by atoms with E-state index in [9.17, 15) is 9.59 Å². The van der Waals surface area contributed by atoms with Crippen molar-refractivity contribution in [2.75, 3.05) is 18.5 Å². The van der Waals surface area contributed by atoms with E-state index in [1.807, 2.05) is 0 Å². The Labute approximate surface area is 223 Å². The van der Waals surface area contributed by atoms with Crippen molar-refractivity contribution < 1.29 is 19.4 Å². The summed E-state index contributed by atoms with van der Waals surface area (Å²) in [6.07, 6.45) is 15.5. The highest BCUT2D eigenvalue weighted by Crippen LogP contribution is 2.53. The predicted octanol–water partition coefficient (Wildman–Crippen LogP) is 4.60. The normalized spacial score (nSPS) is 28.3. The molecule has 7 rings (SSSR count). The van der Waals surface area contributed by atoms with Gasteiger partial charge in [-0.3, -0.25) is 4.79 Å². The Balaban J connectivity index is 1.13. The molecule has 0 saturated heterocycles. The lowest BCUT2D eigenvalue weighted by molar-refractivity contribution is -0.0120. The van der Waals surface area contributed by atoms with Crippen LogP contribution in [0.1, 0.15) is 84.9 Å². The van der Waals surface area contributed by atoms with Gasteiger partial charge in [0.25, 0.3) is 5.91 Å². The van der Waals surface area contributed by atoms with Crippen molar-refractivity contribution in [3.63, 3.8) is 0 Å². The first-order valence-corrected chi connectivity index (χ1v) is 14.5. The van der Waals surface area contributed by atoms with Crippen molar-refractivity contribution in [1.29, 1.82) is 0 Å². The minimum atomic E-state index is -1.00. The van der Waals surface area contributed by atoms with Crippen molar-refractivity contribution >= 4 is 17.7 Å². The largest absolute Gasteiger partial charge is 0.478 e. The Kier molecular flexibility index (Phi) is 7.26. The monoisotopic (exact) mass is 521 g/mol. The zero-order valence-electron chi connectivity index (χ0n) is 22.0. The molecule has 0 unspecified atom stereocenters. The predicted molar refractivity (Wildman–Crippen MR) is 142 cm³/mol.